The Hall–Kier alpha value is -1.47. The lowest BCUT2D eigenvalue weighted by molar-refractivity contribution is 0.0690. The average molecular weight is 253 g/mol. The smallest absolute Gasteiger partial charge is 0.354 e. The van der Waals surface area contributed by atoms with E-state index in [0.29, 0.717) is 5.75 Å². The van der Waals surface area contributed by atoms with Crippen molar-refractivity contribution in [1.29, 1.82) is 0 Å². The summed E-state index contributed by atoms with van der Waals surface area (Å²) in [4.78, 5) is 14.7. The topological polar surface area (TPSA) is 76.0 Å². The highest BCUT2D eigenvalue weighted by molar-refractivity contribution is 8.00. The summed E-state index contributed by atoms with van der Waals surface area (Å²) in [6.07, 6.45) is 0. The van der Waals surface area contributed by atoms with E-state index in [1.165, 1.54) is 29.2 Å². The Bertz CT molecular complexity index is 487. The van der Waals surface area contributed by atoms with E-state index in [1.54, 1.807) is 17.6 Å². The number of aromatic nitrogens is 3. The van der Waals surface area contributed by atoms with Crippen LogP contribution in [0.4, 0.5) is 0 Å². The number of rotatable bonds is 4. The fourth-order valence-corrected chi connectivity index (χ4v) is 2.43. The van der Waals surface area contributed by atoms with Crippen molar-refractivity contribution in [2.24, 2.45) is 0 Å². The second-order valence-corrected chi connectivity index (χ2v) is 4.87. The molecule has 2 aromatic heterocycles. The summed E-state index contributed by atoms with van der Waals surface area (Å²) in [5.74, 6) is -0.418. The molecule has 0 radical (unpaired) electrons. The molecule has 0 aromatic carbocycles. The third-order valence-electron chi connectivity index (χ3n) is 1.71. The predicted molar refractivity (Wildman–Crippen MR) is 60.7 cm³/mol. The molecule has 0 aliphatic rings. The number of hydrogen-bond acceptors (Lipinski definition) is 6. The lowest BCUT2D eigenvalue weighted by Crippen LogP contribution is -2.01. The Morgan fingerprint density at radius 2 is 2.38 bits per heavy atom. The number of carboxylic acids is 1. The van der Waals surface area contributed by atoms with Gasteiger partial charge in [-0.2, -0.15) is 0 Å². The number of carboxylic acid groups (broad SMARTS) is 1. The highest BCUT2D eigenvalue weighted by Gasteiger charge is 2.06. The molecule has 0 aliphatic heterocycles. The summed E-state index contributed by atoms with van der Waals surface area (Å²) < 4.78 is 0.850. The molecular weight excluding hydrogens is 246 g/mol. The summed E-state index contributed by atoms with van der Waals surface area (Å²) in [5.41, 5.74) is 2.44. The minimum Gasteiger partial charge on any atom is -0.477 e. The standard InChI is InChI=1S/C9H7N3O2S2/c13-8(14)7-3-1-2-6(11-7)4-15-9-12-10-5-16-9/h1-3,5H,4H2,(H,13,14). The van der Waals surface area contributed by atoms with Crippen LogP contribution in [-0.2, 0) is 5.75 Å². The van der Waals surface area contributed by atoms with Gasteiger partial charge in [-0.05, 0) is 12.1 Å². The Labute approximate surface area is 99.6 Å². The maximum absolute atomic E-state index is 10.7. The van der Waals surface area contributed by atoms with Gasteiger partial charge in [-0.1, -0.05) is 29.2 Å². The number of carbonyl (C=O) groups is 1. The first-order valence-corrected chi connectivity index (χ1v) is 6.20. The van der Waals surface area contributed by atoms with Gasteiger partial charge in [0.1, 0.15) is 11.2 Å². The SMILES string of the molecule is O=C(O)c1cccc(CSc2nncs2)n1. The van der Waals surface area contributed by atoms with Crippen molar-refractivity contribution in [2.45, 2.75) is 10.1 Å². The lowest BCUT2D eigenvalue weighted by Gasteiger charge is -1.99. The highest BCUT2D eigenvalue weighted by atomic mass is 32.2. The van der Waals surface area contributed by atoms with Gasteiger partial charge in [0, 0.05) is 5.75 Å². The summed E-state index contributed by atoms with van der Waals surface area (Å²) in [7, 11) is 0. The highest BCUT2D eigenvalue weighted by Crippen LogP contribution is 2.22. The van der Waals surface area contributed by atoms with Crippen molar-refractivity contribution in [2.75, 3.05) is 0 Å². The molecule has 82 valence electrons. The maximum Gasteiger partial charge on any atom is 0.354 e. The van der Waals surface area contributed by atoms with Crippen LogP contribution in [0.5, 0.6) is 0 Å². The largest absolute Gasteiger partial charge is 0.477 e. The Morgan fingerprint density at radius 1 is 1.50 bits per heavy atom. The molecule has 0 atom stereocenters. The molecule has 0 saturated carbocycles. The van der Waals surface area contributed by atoms with Gasteiger partial charge in [-0.15, -0.1) is 10.2 Å². The first kappa shape index (κ1) is 11.0. The van der Waals surface area contributed by atoms with Crippen LogP contribution in [0, 0.1) is 0 Å². The minimum atomic E-state index is -1.01. The van der Waals surface area contributed by atoms with E-state index in [0.717, 1.165) is 10.0 Å². The third-order valence-corrected chi connectivity index (χ3v) is 3.60. The zero-order valence-corrected chi connectivity index (χ0v) is 9.66. The van der Waals surface area contributed by atoms with Crippen LogP contribution in [0.25, 0.3) is 0 Å². The van der Waals surface area contributed by atoms with Gasteiger partial charge in [0.15, 0.2) is 4.34 Å². The van der Waals surface area contributed by atoms with Crippen molar-refractivity contribution in [3.63, 3.8) is 0 Å². The van der Waals surface area contributed by atoms with Gasteiger partial charge in [0.05, 0.1) is 5.69 Å². The Balaban J connectivity index is 2.04. The van der Waals surface area contributed by atoms with Gasteiger partial charge in [-0.3, -0.25) is 0 Å². The zero-order chi connectivity index (χ0) is 11.4. The van der Waals surface area contributed by atoms with E-state index < -0.39 is 5.97 Å². The van der Waals surface area contributed by atoms with Crippen LogP contribution >= 0.6 is 23.1 Å². The second-order valence-electron chi connectivity index (χ2n) is 2.81. The molecule has 7 heteroatoms. The molecule has 2 heterocycles. The normalized spacial score (nSPS) is 10.2. The van der Waals surface area contributed by atoms with Gasteiger partial charge in [0.2, 0.25) is 0 Å². The van der Waals surface area contributed by atoms with Gasteiger partial charge in [0.25, 0.3) is 0 Å². The average Bonchev–Trinajstić information content (AvgIpc) is 2.79. The summed E-state index contributed by atoms with van der Waals surface area (Å²) in [5, 5.41) is 16.4. The molecule has 2 aromatic rings. The maximum atomic E-state index is 10.7. The van der Waals surface area contributed by atoms with Crippen LogP contribution in [0.2, 0.25) is 0 Å². The third kappa shape index (κ3) is 2.77. The first-order valence-electron chi connectivity index (χ1n) is 4.34. The molecule has 5 nitrogen and oxygen atoms in total. The number of aromatic carboxylic acids is 1. The first-order chi connectivity index (χ1) is 7.75. The van der Waals surface area contributed by atoms with E-state index >= 15 is 0 Å². The van der Waals surface area contributed by atoms with Gasteiger partial charge >= 0.3 is 5.97 Å². The number of nitrogens with zero attached hydrogens (tertiary/aromatic N) is 3. The molecule has 0 spiro atoms. The van der Waals surface area contributed by atoms with Crippen LogP contribution in [0.15, 0.2) is 28.0 Å². The predicted octanol–water partition coefficient (Wildman–Crippen LogP) is 1.92. The van der Waals surface area contributed by atoms with Crippen molar-refractivity contribution in [3.8, 4) is 0 Å². The summed E-state index contributed by atoms with van der Waals surface area (Å²) in [6.45, 7) is 0. The molecule has 0 saturated heterocycles. The van der Waals surface area contributed by atoms with Crippen LogP contribution < -0.4 is 0 Å². The fourth-order valence-electron chi connectivity index (χ4n) is 1.04. The van der Waals surface area contributed by atoms with Crippen molar-refractivity contribution >= 4 is 29.1 Å². The van der Waals surface area contributed by atoms with Gasteiger partial charge in [-0.25, -0.2) is 9.78 Å². The van der Waals surface area contributed by atoms with Crippen LogP contribution in [0.1, 0.15) is 16.2 Å². The van der Waals surface area contributed by atoms with E-state index in [1.807, 2.05) is 0 Å². The second kappa shape index (κ2) is 5.04. The van der Waals surface area contributed by atoms with E-state index in [4.69, 9.17) is 5.11 Å². The zero-order valence-electron chi connectivity index (χ0n) is 8.03. The number of pyridine rings is 1. The molecule has 0 unspecified atom stereocenters. The summed E-state index contributed by atoms with van der Waals surface area (Å²) in [6, 6.07) is 4.95. The molecule has 2 rings (SSSR count). The molecule has 0 aliphatic carbocycles. The van der Waals surface area contributed by atoms with E-state index in [-0.39, 0.29) is 5.69 Å². The van der Waals surface area contributed by atoms with Crippen LogP contribution in [0.3, 0.4) is 0 Å². The summed E-state index contributed by atoms with van der Waals surface area (Å²) >= 11 is 2.94. The molecule has 0 amide bonds. The van der Waals surface area contributed by atoms with Crippen molar-refractivity contribution < 1.29 is 9.90 Å². The molecule has 0 bridgehead atoms. The molecular formula is C9H7N3O2S2. The molecule has 1 N–H and O–H groups in total. The van der Waals surface area contributed by atoms with Crippen molar-refractivity contribution in [1.82, 2.24) is 15.2 Å². The molecule has 16 heavy (non-hydrogen) atoms. The Morgan fingerprint density at radius 3 is 3.06 bits per heavy atom. The molecule has 0 fully saturated rings. The van der Waals surface area contributed by atoms with E-state index in [2.05, 4.69) is 15.2 Å². The van der Waals surface area contributed by atoms with Gasteiger partial charge < -0.3 is 5.11 Å². The minimum absolute atomic E-state index is 0.0652. The van der Waals surface area contributed by atoms with Crippen LogP contribution in [-0.4, -0.2) is 26.3 Å². The monoisotopic (exact) mass is 253 g/mol. The number of hydrogen-bond donors (Lipinski definition) is 1. The quantitative estimate of drug-likeness (QED) is 0.839. The van der Waals surface area contributed by atoms with E-state index in [9.17, 15) is 4.79 Å². The Kier molecular flexibility index (Phi) is 3.47. The lowest BCUT2D eigenvalue weighted by atomic mass is 10.3. The number of thioether (sulfide) groups is 1. The fraction of sp³-hybridized carbons (Fsp3) is 0.111. The van der Waals surface area contributed by atoms with Crippen molar-refractivity contribution in [3.05, 3.63) is 35.1 Å².